The van der Waals surface area contributed by atoms with Gasteiger partial charge in [-0.3, -0.25) is 9.69 Å². The molecule has 1 aromatic carbocycles. The Bertz CT molecular complexity index is 1070. The topological polar surface area (TPSA) is 63.1 Å². The zero-order valence-corrected chi connectivity index (χ0v) is 17.2. The first-order valence-electron chi connectivity index (χ1n) is 9.86. The van der Waals surface area contributed by atoms with E-state index in [-0.39, 0.29) is 13.1 Å². The number of alkyl halides is 1. The van der Waals surface area contributed by atoms with Crippen molar-refractivity contribution < 1.29 is 9.18 Å². The highest BCUT2D eigenvalue weighted by molar-refractivity contribution is 5.99. The van der Waals surface area contributed by atoms with Crippen molar-refractivity contribution in [1.82, 2.24) is 19.4 Å². The summed E-state index contributed by atoms with van der Waals surface area (Å²) in [5.41, 5.74) is 0.183. The molecule has 6 nitrogen and oxygen atoms in total. The number of amides is 1. The first-order valence-corrected chi connectivity index (χ1v) is 9.86. The molecule has 3 aromatic rings. The second-order valence-corrected chi connectivity index (χ2v) is 8.36. The van der Waals surface area contributed by atoms with Gasteiger partial charge in [0, 0.05) is 43.8 Å². The minimum atomic E-state index is -1.85. The van der Waals surface area contributed by atoms with Crippen LogP contribution in [-0.2, 0) is 11.8 Å². The van der Waals surface area contributed by atoms with Crippen LogP contribution >= 0.6 is 0 Å². The first kappa shape index (κ1) is 19.5. The number of pyridine rings is 1. The molecule has 1 saturated heterocycles. The number of aryl methyl sites for hydroxylation is 1. The molecule has 1 aliphatic heterocycles. The predicted octanol–water partition coefficient (Wildman–Crippen LogP) is 3.56. The third kappa shape index (κ3) is 3.74. The summed E-state index contributed by atoms with van der Waals surface area (Å²) in [6, 6.07) is 7.82. The number of likely N-dealkylation sites (tertiary alicyclic amines) is 1. The summed E-state index contributed by atoms with van der Waals surface area (Å²) in [6.07, 6.45) is 3.53. The lowest BCUT2D eigenvalue weighted by atomic mass is 9.94. The van der Waals surface area contributed by atoms with Crippen LogP contribution < -0.4 is 5.32 Å². The summed E-state index contributed by atoms with van der Waals surface area (Å²) >= 11 is 0. The molecule has 0 aliphatic carbocycles. The van der Waals surface area contributed by atoms with Gasteiger partial charge in [0.05, 0.1) is 11.9 Å². The Morgan fingerprint density at radius 3 is 2.62 bits per heavy atom. The van der Waals surface area contributed by atoms with Crippen LogP contribution in [0, 0.1) is 12.8 Å². The Balaban J connectivity index is 1.53. The molecule has 7 heteroatoms. The van der Waals surface area contributed by atoms with E-state index in [0.717, 1.165) is 34.4 Å². The molecule has 0 atom stereocenters. The summed E-state index contributed by atoms with van der Waals surface area (Å²) in [5, 5.41) is 4.53. The van der Waals surface area contributed by atoms with Crippen LogP contribution in [0.4, 0.5) is 10.2 Å². The summed E-state index contributed by atoms with van der Waals surface area (Å²) in [7, 11) is 1.97. The third-order valence-electron chi connectivity index (χ3n) is 5.46. The molecule has 1 N–H and O–H groups in total. The predicted molar refractivity (Wildman–Crippen MR) is 112 cm³/mol. The van der Waals surface area contributed by atoms with E-state index >= 15 is 0 Å². The highest BCUT2D eigenvalue weighted by Gasteiger charge is 2.50. The molecule has 3 heterocycles. The SMILES string of the molecule is Cc1ncc(-c2ccc3cnc(NC(=O)C4(F)CN(CC(C)C)C4)cc3c2)n1C. The van der Waals surface area contributed by atoms with Gasteiger partial charge < -0.3 is 9.88 Å². The van der Waals surface area contributed by atoms with Crippen LogP contribution in [0.2, 0.25) is 0 Å². The highest BCUT2D eigenvalue weighted by Crippen LogP contribution is 2.29. The number of aromatic nitrogens is 3. The molecule has 152 valence electrons. The van der Waals surface area contributed by atoms with Gasteiger partial charge >= 0.3 is 0 Å². The van der Waals surface area contributed by atoms with Crippen LogP contribution in [0.1, 0.15) is 19.7 Å². The zero-order valence-electron chi connectivity index (χ0n) is 17.2. The Hall–Kier alpha value is -2.80. The Morgan fingerprint density at radius 2 is 1.97 bits per heavy atom. The molecule has 1 amide bonds. The smallest absolute Gasteiger partial charge is 0.265 e. The van der Waals surface area contributed by atoms with Crippen LogP contribution in [0.5, 0.6) is 0 Å². The quantitative estimate of drug-likeness (QED) is 0.718. The van der Waals surface area contributed by atoms with Crippen molar-refractivity contribution in [2.24, 2.45) is 13.0 Å². The number of anilines is 1. The fourth-order valence-electron chi connectivity index (χ4n) is 3.82. The number of rotatable bonds is 5. The van der Waals surface area contributed by atoms with Crippen molar-refractivity contribution in [3.63, 3.8) is 0 Å². The second-order valence-electron chi connectivity index (χ2n) is 8.36. The van der Waals surface area contributed by atoms with Gasteiger partial charge in [-0.1, -0.05) is 26.0 Å². The maximum absolute atomic E-state index is 14.8. The molecule has 0 bridgehead atoms. The van der Waals surface area contributed by atoms with E-state index in [1.54, 1.807) is 12.3 Å². The van der Waals surface area contributed by atoms with Gasteiger partial charge in [-0.25, -0.2) is 14.4 Å². The minimum absolute atomic E-state index is 0.134. The number of hydrogen-bond donors (Lipinski definition) is 1. The largest absolute Gasteiger partial charge is 0.331 e. The van der Waals surface area contributed by atoms with Crippen molar-refractivity contribution >= 4 is 22.5 Å². The molecule has 1 fully saturated rings. The number of nitrogens with zero attached hydrogens (tertiary/aromatic N) is 4. The molecule has 0 radical (unpaired) electrons. The molecule has 0 spiro atoms. The minimum Gasteiger partial charge on any atom is -0.331 e. The third-order valence-corrected chi connectivity index (χ3v) is 5.46. The Morgan fingerprint density at radius 1 is 1.21 bits per heavy atom. The zero-order chi connectivity index (χ0) is 20.8. The lowest BCUT2D eigenvalue weighted by molar-refractivity contribution is -0.139. The summed E-state index contributed by atoms with van der Waals surface area (Å²) in [4.78, 5) is 23.0. The van der Waals surface area contributed by atoms with Crippen LogP contribution in [0.25, 0.3) is 22.0 Å². The van der Waals surface area contributed by atoms with Crippen LogP contribution in [-0.4, -0.2) is 50.6 Å². The fourth-order valence-corrected chi connectivity index (χ4v) is 3.82. The summed E-state index contributed by atoms with van der Waals surface area (Å²) < 4.78 is 16.9. The van der Waals surface area contributed by atoms with Gasteiger partial charge in [0.25, 0.3) is 5.91 Å². The number of imidazole rings is 1. The van der Waals surface area contributed by atoms with Gasteiger partial charge in [-0.15, -0.1) is 0 Å². The second kappa shape index (κ2) is 7.22. The van der Waals surface area contributed by atoms with Gasteiger partial charge in [0.2, 0.25) is 5.67 Å². The van der Waals surface area contributed by atoms with E-state index in [9.17, 15) is 9.18 Å². The normalized spacial score (nSPS) is 16.2. The molecule has 2 aromatic heterocycles. The molecule has 4 rings (SSSR count). The summed E-state index contributed by atoms with van der Waals surface area (Å²) in [5.74, 6) is 1.12. The number of fused-ring (bicyclic) bond motifs is 1. The Kier molecular flexibility index (Phi) is 4.86. The summed E-state index contributed by atoms with van der Waals surface area (Å²) in [6.45, 7) is 7.18. The van der Waals surface area contributed by atoms with Crippen molar-refractivity contribution in [2.45, 2.75) is 26.4 Å². The van der Waals surface area contributed by atoms with E-state index in [1.807, 2.05) is 47.8 Å². The molecule has 29 heavy (non-hydrogen) atoms. The van der Waals surface area contributed by atoms with E-state index in [2.05, 4.69) is 29.1 Å². The molecular formula is C22H26FN5O. The van der Waals surface area contributed by atoms with Crippen LogP contribution in [0.3, 0.4) is 0 Å². The number of halogens is 1. The number of hydrogen-bond acceptors (Lipinski definition) is 4. The van der Waals surface area contributed by atoms with E-state index in [0.29, 0.717) is 11.7 Å². The number of carbonyl (C=O) groups is 1. The van der Waals surface area contributed by atoms with E-state index in [4.69, 9.17) is 0 Å². The number of nitrogens with one attached hydrogen (secondary N) is 1. The first-order chi connectivity index (χ1) is 13.7. The number of benzene rings is 1. The molecule has 1 aliphatic rings. The fraction of sp³-hybridized carbons (Fsp3) is 0.409. The molecular weight excluding hydrogens is 369 g/mol. The monoisotopic (exact) mass is 395 g/mol. The average Bonchev–Trinajstić information content (AvgIpc) is 2.98. The molecule has 0 saturated carbocycles. The maximum Gasteiger partial charge on any atom is 0.265 e. The highest BCUT2D eigenvalue weighted by atomic mass is 19.1. The lowest BCUT2D eigenvalue weighted by Crippen LogP contribution is -2.65. The van der Waals surface area contributed by atoms with Gasteiger partial charge in [-0.05, 0) is 30.4 Å². The average molecular weight is 395 g/mol. The van der Waals surface area contributed by atoms with E-state index < -0.39 is 11.6 Å². The van der Waals surface area contributed by atoms with Gasteiger partial charge in [0.1, 0.15) is 11.6 Å². The van der Waals surface area contributed by atoms with Crippen LogP contribution in [0.15, 0.2) is 36.7 Å². The van der Waals surface area contributed by atoms with Crippen molar-refractivity contribution in [2.75, 3.05) is 25.0 Å². The van der Waals surface area contributed by atoms with Gasteiger partial charge in [-0.2, -0.15) is 0 Å². The standard InChI is InChI=1S/C22H26FN5O/c1-14(2)11-28-12-22(23,13-28)21(29)26-20-8-18-7-16(5-6-17(18)9-25-20)19-10-24-15(3)27(19)4/h5-10,14H,11-13H2,1-4H3,(H,25,26,29). The van der Waals surface area contributed by atoms with E-state index in [1.165, 1.54) is 0 Å². The van der Waals surface area contributed by atoms with Crippen molar-refractivity contribution in [3.8, 4) is 11.3 Å². The molecule has 0 unspecified atom stereocenters. The Labute approximate surface area is 169 Å². The lowest BCUT2D eigenvalue weighted by Gasteiger charge is -2.43. The van der Waals surface area contributed by atoms with Gasteiger partial charge in [0.15, 0.2) is 0 Å². The van der Waals surface area contributed by atoms with Crippen molar-refractivity contribution in [1.29, 1.82) is 0 Å². The number of carbonyl (C=O) groups excluding carboxylic acids is 1. The van der Waals surface area contributed by atoms with Crippen molar-refractivity contribution in [3.05, 3.63) is 42.5 Å². The maximum atomic E-state index is 14.8.